The van der Waals surface area contributed by atoms with E-state index < -0.39 is 0 Å². The molecule has 0 saturated heterocycles. The highest BCUT2D eigenvalue weighted by atomic mass is 127. The summed E-state index contributed by atoms with van der Waals surface area (Å²) in [6.45, 7) is 6.47. The molecule has 6 nitrogen and oxygen atoms in total. The molecule has 0 aliphatic carbocycles. The van der Waals surface area contributed by atoms with Crippen LogP contribution in [0.4, 0.5) is 4.39 Å². The molecule has 0 aliphatic heterocycles. The van der Waals surface area contributed by atoms with E-state index >= 15 is 0 Å². The average Bonchev–Trinajstić information content (AvgIpc) is 2.75. The molecular formula is C23H33FIN3O3. The van der Waals surface area contributed by atoms with E-state index in [-0.39, 0.29) is 41.6 Å². The molecule has 0 spiro atoms. The molecule has 2 N–H and O–H groups in total. The van der Waals surface area contributed by atoms with Gasteiger partial charge in [-0.1, -0.05) is 18.2 Å². The van der Waals surface area contributed by atoms with Gasteiger partial charge in [0.05, 0.1) is 26.3 Å². The third-order valence-electron chi connectivity index (χ3n) is 4.45. The van der Waals surface area contributed by atoms with Gasteiger partial charge in [0, 0.05) is 26.7 Å². The second-order valence-corrected chi connectivity index (χ2v) is 6.80. The third kappa shape index (κ3) is 9.30. The van der Waals surface area contributed by atoms with Gasteiger partial charge in [-0.2, -0.15) is 0 Å². The van der Waals surface area contributed by atoms with Gasteiger partial charge in [-0.15, -0.1) is 24.0 Å². The van der Waals surface area contributed by atoms with Crippen LogP contribution >= 0.6 is 24.0 Å². The highest BCUT2D eigenvalue weighted by Gasteiger charge is 2.11. The Morgan fingerprint density at radius 2 is 1.94 bits per heavy atom. The smallest absolute Gasteiger partial charge is 0.192 e. The minimum Gasteiger partial charge on any atom is -0.494 e. The summed E-state index contributed by atoms with van der Waals surface area (Å²) in [5, 5.41) is 6.55. The predicted molar refractivity (Wildman–Crippen MR) is 133 cm³/mol. The summed E-state index contributed by atoms with van der Waals surface area (Å²) in [5.41, 5.74) is 1.85. The van der Waals surface area contributed by atoms with Crippen molar-refractivity contribution in [3.05, 3.63) is 59.4 Å². The lowest BCUT2D eigenvalue weighted by atomic mass is 10.1. The molecule has 1 atom stereocenters. The first-order chi connectivity index (χ1) is 14.6. The SMILES string of the molecule is CCNC(=NCc1cccc(OCCCOC)c1)NC(C)c1ccc(OC)c(F)c1.I. The van der Waals surface area contributed by atoms with E-state index in [0.29, 0.717) is 25.7 Å². The maximum Gasteiger partial charge on any atom is 0.192 e. The highest BCUT2D eigenvalue weighted by Crippen LogP contribution is 2.21. The Kier molecular flexibility index (Phi) is 12.9. The lowest BCUT2D eigenvalue weighted by Gasteiger charge is -2.19. The Labute approximate surface area is 201 Å². The van der Waals surface area contributed by atoms with Gasteiger partial charge in [0.1, 0.15) is 5.75 Å². The fourth-order valence-corrected chi connectivity index (χ4v) is 2.86. The molecule has 0 radical (unpaired) electrons. The summed E-state index contributed by atoms with van der Waals surface area (Å²) in [7, 11) is 3.13. The van der Waals surface area contributed by atoms with Crippen molar-refractivity contribution in [3.63, 3.8) is 0 Å². The van der Waals surface area contributed by atoms with Crippen molar-refractivity contribution in [2.75, 3.05) is 34.0 Å². The first-order valence-electron chi connectivity index (χ1n) is 10.2. The van der Waals surface area contributed by atoms with E-state index in [2.05, 4.69) is 15.6 Å². The maximum absolute atomic E-state index is 14.0. The molecule has 0 aromatic heterocycles. The van der Waals surface area contributed by atoms with E-state index in [9.17, 15) is 4.39 Å². The first kappa shape index (κ1) is 27.0. The molecule has 2 rings (SSSR count). The van der Waals surface area contributed by atoms with Crippen LogP contribution in [0.1, 0.15) is 37.4 Å². The van der Waals surface area contributed by atoms with Crippen LogP contribution < -0.4 is 20.1 Å². The molecule has 31 heavy (non-hydrogen) atoms. The number of methoxy groups -OCH3 is 2. The zero-order valence-electron chi connectivity index (χ0n) is 18.6. The van der Waals surface area contributed by atoms with Crippen LogP contribution in [0.3, 0.4) is 0 Å². The third-order valence-corrected chi connectivity index (χ3v) is 4.45. The molecule has 0 fully saturated rings. The summed E-state index contributed by atoms with van der Waals surface area (Å²) in [5.74, 6) is 1.33. The minimum absolute atomic E-state index is 0. The minimum atomic E-state index is -0.382. The quantitative estimate of drug-likeness (QED) is 0.186. The molecule has 0 saturated carbocycles. The Morgan fingerprint density at radius 3 is 2.61 bits per heavy atom. The van der Waals surface area contributed by atoms with Crippen LogP contribution in [0.5, 0.6) is 11.5 Å². The van der Waals surface area contributed by atoms with Gasteiger partial charge in [0.2, 0.25) is 0 Å². The van der Waals surface area contributed by atoms with Gasteiger partial charge in [-0.05, 0) is 49.2 Å². The Morgan fingerprint density at radius 1 is 1.13 bits per heavy atom. The largest absolute Gasteiger partial charge is 0.494 e. The van der Waals surface area contributed by atoms with Gasteiger partial charge in [-0.25, -0.2) is 9.38 Å². The zero-order valence-corrected chi connectivity index (χ0v) is 20.9. The van der Waals surface area contributed by atoms with Crippen LogP contribution in [0.15, 0.2) is 47.5 Å². The molecule has 0 heterocycles. The van der Waals surface area contributed by atoms with E-state index in [0.717, 1.165) is 29.8 Å². The molecule has 1 unspecified atom stereocenters. The highest BCUT2D eigenvalue weighted by molar-refractivity contribution is 14.0. The summed E-state index contributed by atoms with van der Waals surface area (Å²) in [6, 6.07) is 12.7. The van der Waals surface area contributed by atoms with Crippen molar-refractivity contribution >= 4 is 29.9 Å². The number of hydrogen-bond donors (Lipinski definition) is 2. The monoisotopic (exact) mass is 545 g/mol. The van der Waals surface area contributed by atoms with Crippen molar-refractivity contribution < 1.29 is 18.6 Å². The number of ether oxygens (including phenoxy) is 3. The lowest BCUT2D eigenvalue weighted by molar-refractivity contribution is 0.172. The molecular weight excluding hydrogens is 512 g/mol. The number of benzene rings is 2. The predicted octanol–water partition coefficient (Wildman–Crippen LogP) is 4.68. The number of nitrogens with one attached hydrogen (secondary N) is 2. The number of hydrogen-bond acceptors (Lipinski definition) is 4. The number of guanidine groups is 1. The summed E-state index contributed by atoms with van der Waals surface area (Å²) < 4.78 is 29.8. The van der Waals surface area contributed by atoms with Crippen LogP contribution in [-0.2, 0) is 11.3 Å². The fourth-order valence-electron chi connectivity index (χ4n) is 2.86. The molecule has 2 aromatic carbocycles. The van der Waals surface area contributed by atoms with Crippen LogP contribution in [0.2, 0.25) is 0 Å². The second-order valence-electron chi connectivity index (χ2n) is 6.80. The molecule has 2 aromatic rings. The van der Waals surface area contributed by atoms with Crippen molar-refractivity contribution in [3.8, 4) is 11.5 Å². The van der Waals surface area contributed by atoms with E-state index in [1.165, 1.54) is 13.2 Å². The van der Waals surface area contributed by atoms with Crippen LogP contribution in [0, 0.1) is 5.82 Å². The summed E-state index contributed by atoms with van der Waals surface area (Å²) in [4.78, 5) is 4.66. The van der Waals surface area contributed by atoms with E-state index in [1.54, 1.807) is 13.2 Å². The van der Waals surface area contributed by atoms with Crippen molar-refractivity contribution in [1.29, 1.82) is 0 Å². The Balaban J connectivity index is 0.00000480. The second kappa shape index (κ2) is 14.9. The van der Waals surface area contributed by atoms with Gasteiger partial charge >= 0.3 is 0 Å². The normalized spacial score (nSPS) is 12.0. The first-order valence-corrected chi connectivity index (χ1v) is 10.2. The standard InChI is InChI=1S/C23H32FN3O3.HI/c1-5-25-23(27-17(2)19-10-11-22(29-4)21(24)15-19)26-16-18-8-6-9-20(14-18)30-13-7-12-28-3;/h6,8-11,14-15,17H,5,7,12-13,16H2,1-4H3,(H2,25,26,27);1H. The van der Waals surface area contributed by atoms with Crippen LogP contribution in [0.25, 0.3) is 0 Å². The Hall–Kier alpha value is -2.07. The summed E-state index contributed by atoms with van der Waals surface area (Å²) in [6.07, 6.45) is 0.844. The van der Waals surface area contributed by atoms with Gasteiger partial charge in [0.25, 0.3) is 0 Å². The molecule has 0 amide bonds. The number of aliphatic imine (C=N–C) groups is 1. The molecule has 0 bridgehead atoms. The molecule has 8 heteroatoms. The average molecular weight is 545 g/mol. The van der Waals surface area contributed by atoms with Crippen molar-refractivity contribution in [2.24, 2.45) is 4.99 Å². The van der Waals surface area contributed by atoms with Crippen molar-refractivity contribution in [1.82, 2.24) is 10.6 Å². The maximum atomic E-state index is 14.0. The van der Waals surface area contributed by atoms with Crippen LogP contribution in [-0.4, -0.2) is 39.9 Å². The van der Waals surface area contributed by atoms with E-state index in [1.807, 2.05) is 44.2 Å². The lowest BCUT2D eigenvalue weighted by Crippen LogP contribution is -2.38. The van der Waals surface area contributed by atoms with Gasteiger partial charge in [-0.3, -0.25) is 0 Å². The number of rotatable bonds is 11. The number of halogens is 2. The fraction of sp³-hybridized carbons (Fsp3) is 0.435. The molecule has 0 aliphatic rings. The zero-order chi connectivity index (χ0) is 21.8. The van der Waals surface area contributed by atoms with Gasteiger partial charge in [0.15, 0.2) is 17.5 Å². The Bertz CT molecular complexity index is 820. The topological polar surface area (TPSA) is 64.1 Å². The molecule has 172 valence electrons. The van der Waals surface area contributed by atoms with E-state index in [4.69, 9.17) is 14.2 Å². The van der Waals surface area contributed by atoms with Gasteiger partial charge < -0.3 is 24.8 Å². The number of nitrogens with zero attached hydrogens (tertiary/aromatic N) is 1. The van der Waals surface area contributed by atoms with Crippen molar-refractivity contribution in [2.45, 2.75) is 32.9 Å². The summed E-state index contributed by atoms with van der Waals surface area (Å²) >= 11 is 0.